The average Bonchev–Trinajstić information content (AvgIpc) is 0.856. The first-order valence-electron chi connectivity index (χ1n) is 41.8. The van der Waals surface area contributed by atoms with Gasteiger partial charge < -0.3 is 23.4 Å². The van der Waals surface area contributed by atoms with Crippen molar-refractivity contribution in [3.05, 3.63) is 368 Å². The second kappa shape index (κ2) is 27.1. The summed E-state index contributed by atoms with van der Waals surface area (Å²) in [5.41, 5.74) is 36.9. The molecule has 3 aromatic heterocycles. The van der Waals surface area contributed by atoms with Gasteiger partial charge in [0, 0.05) is 88.7 Å². The van der Waals surface area contributed by atoms with Crippen LogP contribution in [-0.2, 0) is 21.7 Å². The van der Waals surface area contributed by atoms with E-state index in [1.54, 1.807) is 0 Å². The molecule has 118 heavy (non-hydrogen) atoms. The van der Waals surface area contributed by atoms with Crippen molar-refractivity contribution < 1.29 is 4.42 Å². The minimum Gasteiger partial charge on any atom is -0.456 e. The Labute approximate surface area is 692 Å². The Morgan fingerprint density at radius 3 is 1.08 bits per heavy atom. The zero-order valence-electron chi connectivity index (χ0n) is 69.2. The number of anilines is 6. The van der Waals surface area contributed by atoms with E-state index in [9.17, 15) is 0 Å². The Hall–Kier alpha value is -13.4. The fourth-order valence-corrected chi connectivity index (χ4v) is 19.1. The van der Waals surface area contributed by atoms with Gasteiger partial charge in [0.1, 0.15) is 11.2 Å². The van der Waals surface area contributed by atoms with Crippen molar-refractivity contribution in [1.82, 2.24) is 9.13 Å². The fourth-order valence-electron chi connectivity index (χ4n) is 19.1. The number of hydrogen-bond donors (Lipinski definition) is 0. The summed E-state index contributed by atoms with van der Waals surface area (Å²) in [5.74, 6) is 0. The molecule has 0 saturated carbocycles. The van der Waals surface area contributed by atoms with Crippen molar-refractivity contribution in [2.75, 3.05) is 9.80 Å². The summed E-state index contributed by atoms with van der Waals surface area (Å²) >= 11 is 0. The molecule has 0 spiro atoms. The van der Waals surface area contributed by atoms with Gasteiger partial charge in [-0.1, -0.05) is 301 Å². The maximum absolute atomic E-state index is 6.75. The summed E-state index contributed by atoms with van der Waals surface area (Å²) in [4.78, 5) is 5.47. The Balaban J connectivity index is 0.944. The van der Waals surface area contributed by atoms with Gasteiger partial charge in [-0.15, -0.1) is 0 Å². The normalized spacial score (nSPS) is 13.0. The van der Waals surface area contributed by atoms with E-state index in [2.05, 4.69) is 448 Å². The molecule has 0 N–H and O–H groups in total. The van der Waals surface area contributed by atoms with E-state index in [1.165, 1.54) is 76.7 Å². The highest BCUT2D eigenvalue weighted by atomic mass is 16.3. The average molecular weight is 1520 g/mol. The molecule has 0 amide bonds. The lowest BCUT2D eigenvalue weighted by molar-refractivity contribution is 0.590. The number of fused-ring (bicyclic) bond motifs is 13. The van der Waals surface area contributed by atoms with Gasteiger partial charge in [0.2, 0.25) is 0 Å². The summed E-state index contributed by atoms with van der Waals surface area (Å²) in [6.07, 6.45) is 0. The first-order valence-corrected chi connectivity index (χ1v) is 41.8. The molecule has 5 heterocycles. The number of hydrogen-bond acceptors (Lipinski definition) is 3. The molecule has 0 fully saturated rings. The third-order valence-corrected chi connectivity index (χ3v) is 25.3. The van der Waals surface area contributed by atoms with Gasteiger partial charge in [0.15, 0.2) is 0 Å². The molecule has 0 radical (unpaired) electrons. The van der Waals surface area contributed by atoms with Crippen LogP contribution in [-0.4, -0.2) is 15.8 Å². The number of nitrogens with zero attached hydrogens (tertiary/aromatic N) is 4. The highest BCUT2D eigenvalue weighted by Crippen LogP contribution is 2.57. The highest BCUT2D eigenvalue weighted by Gasteiger charge is 2.46. The topological polar surface area (TPSA) is 29.5 Å². The van der Waals surface area contributed by atoms with E-state index in [0.717, 1.165) is 140 Å². The maximum atomic E-state index is 6.75. The Kier molecular flexibility index (Phi) is 16.6. The molecular formula is C112H93BN4O. The fraction of sp³-hybridized carbons (Fsp3) is 0.143. The predicted octanol–water partition coefficient (Wildman–Crippen LogP) is 29.1. The van der Waals surface area contributed by atoms with Crippen molar-refractivity contribution in [3.63, 3.8) is 0 Å². The minimum absolute atomic E-state index is 0.0816. The van der Waals surface area contributed by atoms with Crippen LogP contribution in [0.1, 0.15) is 105 Å². The predicted molar refractivity (Wildman–Crippen MR) is 504 cm³/mol. The molecule has 0 bridgehead atoms. The molecule has 2 aliphatic heterocycles. The monoisotopic (exact) mass is 1520 g/mol. The van der Waals surface area contributed by atoms with E-state index in [1.807, 2.05) is 0 Å². The van der Waals surface area contributed by atoms with Crippen molar-refractivity contribution >= 4 is 123 Å². The standard InChI is InChI=1S/C112H93BN4O/c1-109(2,3)78-49-55-98-91(63-78)92-64-79(110(4,5)6)50-56-99(92)115(98)83-51-53-95-101(69-83)117(108-88(72-36-22-15-23-37-72)67-81(112(10,11)12)68-89(108)73-38-24-16-25-39-73)103-62-77(75-48-57-105-93(59-75)85-43-29-31-45-104(85)118-105)61-102-106(103)113(95)94-52-46-76(74-47-54-97-90(58-74)84-42-28-30-44-96(84)114(97)82-40-26-17-27-41-82)60-100(94)116(102)107-86(70-32-18-13-19-33-70)65-80(111(7,8)9)66-87(107)71-34-20-14-21-35-71/h13-69H,1-12H3. The second-order valence-electron chi connectivity index (χ2n) is 36.9. The van der Waals surface area contributed by atoms with Gasteiger partial charge in [-0.3, -0.25) is 0 Å². The number of furan rings is 1. The van der Waals surface area contributed by atoms with Crippen molar-refractivity contribution in [2.24, 2.45) is 0 Å². The minimum atomic E-state index is -0.309. The van der Waals surface area contributed by atoms with E-state index < -0.39 is 0 Å². The molecule has 5 nitrogen and oxygen atoms in total. The SMILES string of the molecule is CC(C)(C)c1cc(-c2ccccc2)c(N2c3cc(-c4ccc5c(c4)c4ccccc4n5-c4ccccc4)ccc3B3c4ccc(-n5c6ccc(C(C)(C)C)cc6c6cc(C(C)(C)C)ccc65)cc4N(c4c(-c5ccccc5)cc(C(C)(C)C)cc4-c4ccccc4)c4cc(-c5ccc6oc7ccccc7c6c5)cc2c43)c(-c2ccccc2)c1. The summed E-state index contributed by atoms with van der Waals surface area (Å²) < 4.78 is 11.7. The van der Waals surface area contributed by atoms with Crippen LogP contribution >= 0.6 is 0 Å². The van der Waals surface area contributed by atoms with E-state index in [0.29, 0.717) is 0 Å². The van der Waals surface area contributed by atoms with Crippen LogP contribution < -0.4 is 26.2 Å². The smallest absolute Gasteiger partial charge is 0.252 e. The summed E-state index contributed by atoms with van der Waals surface area (Å²) in [7, 11) is 0. The van der Waals surface area contributed by atoms with E-state index >= 15 is 0 Å². The second-order valence-corrected chi connectivity index (χ2v) is 36.9. The summed E-state index contributed by atoms with van der Waals surface area (Å²) in [5, 5.41) is 7.07. The Bertz CT molecular complexity index is 7070. The molecule has 570 valence electrons. The van der Waals surface area contributed by atoms with Gasteiger partial charge in [-0.25, -0.2) is 0 Å². The lowest BCUT2D eigenvalue weighted by Crippen LogP contribution is -2.61. The third kappa shape index (κ3) is 11.9. The number of para-hydroxylation sites is 3. The first-order chi connectivity index (χ1) is 57.1. The van der Waals surface area contributed by atoms with Gasteiger partial charge in [-0.05, 0) is 232 Å². The Morgan fingerprint density at radius 1 is 0.229 bits per heavy atom. The molecular weight excluding hydrogens is 1430 g/mol. The highest BCUT2D eigenvalue weighted by molar-refractivity contribution is 7.00. The van der Waals surface area contributed by atoms with Crippen LogP contribution in [0.25, 0.3) is 144 Å². The summed E-state index contributed by atoms with van der Waals surface area (Å²) in [6, 6.07) is 132. The molecule has 0 saturated heterocycles. The van der Waals surface area contributed by atoms with Crippen molar-refractivity contribution in [1.29, 1.82) is 0 Å². The van der Waals surface area contributed by atoms with Crippen LogP contribution in [0.3, 0.4) is 0 Å². The van der Waals surface area contributed by atoms with Crippen LogP contribution in [0, 0.1) is 0 Å². The molecule has 6 heteroatoms. The molecule has 0 aliphatic carbocycles. The summed E-state index contributed by atoms with van der Waals surface area (Å²) in [6.45, 7) is 27.9. The van der Waals surface area contributed by atoms with Crippen LogP contribution in [0.2, 0.25) is 0 Å². The lowest BCUT2D eigenvalue weighted by Gasteiger charge is -2.46. The van der Waals surface area contributed by atoms with Gasteiger partial charge >= 0.3 is 0 Å². The zero-order chi connectivity index (χ0) is 80.4. The third-order valence-electron chi connectivity index (χ3n) is 25.3. The zero-order valence-corrected chi connectivity index (χ0v) is 69.2. The van der Waals surface area contributed by atoms with Gasteiger partial charge in [-0.2, -0.15) is 0 Å². The maximum Gasteiger partial charge on any atom is 0.252 e. The van der Waals surface area contributed by atoms with Gasteiger partial charge in [0.05, 0.1) is 33.4 Å². The van der Waals surface area contributed by atoms with Crippen LogP contribution in [0.4, 0.5) is 34.1 Å². The molecule has 21 rings (SSSR count). The quantitative estimate of drug-likeness (QED) is 0.128. The van der Waals surface area contributed by atoms with Gasteiger partial charge in [0.25, 0.3) is 6.71 Å². The molecule has 16 aromatic carbocycles. The molecule has 0 unspecified atom stereocenters. The first kappa shape index (κ1) is 72.3. The molecule has 0 atom stereocenters. The van der Waals surface area contributed by atoms with E-state index in [-0.39, 0.29) is 28.4 Å². The van der Waals surface area contributed by atoms with Crippen molar-refractivity contribution in [3.8, 4) is 78.1 Å². The Morgan fingerprint density at radius 2 is 0.585 bits per heavy atom. The van der Waals surface area contributed by atoms with Crippen LogP contribution in [0.15, 0.2) is 350 Å². The number of aromatic nitrogens is 2. The number of rotatable bonds is 10. The lowest BCUT2D eigenvalue weighted by atomic mass is 9.33. The molecule has 19 aromatic rings. The van der Waals surface area contributed by atoms with Crippen molar-refractivity contribution in [2.45, 2.75) is 105 Å². The largest absolute Gasteiger partial charge is 0.456 e. The van der Waals surface area contributed by atoms with E-state index in [4.69, 9.17) is 4.42 Å². The molecule has 2 aliphatic rings. The number of benzene rings is 16. The van der Waals surface area contributed by atoms with Crippen LogP contribution in [0.5, 0.6) is 0 Å².